The summed E-state index contributed by atoms with van der Waals surface area (Å²) in [4.78, 5) is 12.9. The van der Waals surface area contributed by atoms with Crippen LogP contribution in [-0.2, 0) is 6.42 Å². The first-order valence-electron chi connectivity index (χ1n) is 6.29. The van der Waals surface area contributed by atoms with Crippen molar-refractivity contribution in [3.8, 4) is 11.3 Å². The highest BCUT2D eigenvalue weighted by Gasteiger charge is 2.06. The Bertz CT molecular complexity index is 699. The van der Waals surface area contributed by atoms with Crippen molar-refractivity contribution in [3.63, 3.8) is 0 Å². The van der Waals surface area contributed by atoms with E-state index in [1.54, 1.807) is 18.5 Å². The Morgan fingerprint density at radius 2 is 1.65 bits per heavy atom. The molecule has 0 aliphatic carbocycles. The minimum atomic E-state index is 0.461. The third-order valence-electron chi connectivity index (χ3n) is 2.92. The van der Waals surface area contributed by atoms with Gasteiger partial charge in [-0.25, -0.2) is 9.97 Å². The van der Waals surface area contributed by atoms with Crippen LogP contribution in [-0.4, -0.2) is 15.0 Å². The summed E-state index contributed by atoms with van der Waals surface area (Å²) in [5.74, 6) is 0.711. The fourth-order valence-electron chi connectivity index (χ4n) is 1.98. The zero-order valence-corrected chi connectivity index (χ0v) is 11.5. The van der Waals surface area contributed by atoms with E-state index in [1.807, 2.05) is 42.5 Å². The lowest BCUT2D eigenvalue weighted by Crippen LogP contribution is -1.99. The van der Waals surface area contributed by atoms with Crippen LogP contribution in [0.3, 0.4) is 0 Å². The number of nitrogens with zero attached hydrogens (tertiary/aromatic N) is 3. The van der Waals surface area contributed by atoms with Gasteiger partial charge in [-0.2, -0.15) is 0 Å². The van der Waals surface area contributed by atoms with Crippen molar-refractivity contribution >= 4 is 11.6 Å². The predicted octanol–water partition coefficient (Wildman–Crippen LogP) is 3.78. The molecule has 4 heteroatoms. The summed E-state index contributed by atoms with van der Waals surface area (Å²) >= 11 is 6.10. The van der Waals surface area contributed by atoms with Gasteiger partial charge in [-0.1, -0.05) is 41.9 Å². The molecule has 1 aromatic carbocycles. The third-order valence-corrected chi connectivity index (χ3v) is 3.12. The zero-order valence-electron chi connectivity index (χ0n) is 10.7. The van der Waals surface area contributed by atoms with E-state index in [0.29, 0.717) is 17.4 Å². The molecule has 3 aromatic rings. The van der Waals surface area contributed by atoms with Crippen LogP contribution in [0.2, 0.25) is 5.15 Å². The molecule has 3 nitrogen and oxygen atoms in total. The minimum Gasteiger partial charge on any atom is -0.265 e. The summed E-state index contributed by atoms with van der Waals surface area (Å²) in [6.45, 7) is 0. The molecule has 0 radical (unpaired) electrons. The highest BCUT2D eigenvalue weighted by molar-refractivity contribution is 6.29. The Hall–Kier alpha value is -2.26. The average molecular weight is 282 g/mol. The van der Waals surface area contributed by atoms with Crippen LogP contribution < -0.4 is 0 Å². The van der Waals surface area contributed by atoms with Gasteiger partial charge >= 0.3 is 0 Å². The summed E-state index contributed by atoms with van der Waals surface area (Å²) in [6, 6.07) is 15.6. The van der Waals surface area contributed by atoms with Crippen LogP contribution >= 0.6 is 11.6 Å². The maximum Gasteiger partial charge on any atom is 0.135 e. The molecule has 3 rings (SSSR count). The van der Waals surface area contributed by atoms with Crippen molar-refractivity contribution in [2.45, 2.75) is 6.42 Å². The molecular formula is C16H12ClN3. The quantitative estimate of drug-likeness (QED) is 0.686. The van der Waals surface area contributed by atoms with E-state index in [0.717, 1.165) is 16.8 Å². The van der Waals surface area contributed by atoms with Gasteiger partial charge in [-0.15, -0.1) is 0 Å². The molecule has 0 spiro atoms. The number of rotatable bonds is 3. The van der Waals surface area contributed by atoms with Crippen molar-refractivity contribution in [2.24, 2.45) is 0 Å². The molecule has 0 amide bonds. The molecule has 0 unspecified atom stereocenters. The van der Waals surface area contributed by atoms with Crippen LogP contribution in [0.4, 0.5) is 0 Å². The Balaban J connectivity index is 1.95. The summed E-state index contributed by atoms with van der Waals surface area (Å²) < 4.78 is 0. The third kappa shape index (κ3) is 3.00. The van der Waals surface area contributed by atoms with Gasteiger partial charge in [0.25, 0.3) is 0 Å². The van der Waals surface area contributed by atoms with Crippen molar-refractivity contribution < 1.29 is 0 Å². The minimum absolute atomic E-state index is 0.461. The van der Waals surface area contributed by atoms with E-state index in [1.165, 1.54) is 0 Å². The lowest BCUT2D eigenvalue weighted by molar-refractivity contribution is 0.969. The van der Waals surface area contributed by atoms with E-state index in [9.17, 15) is 0 Å². The topological polar surface area (TPSA) is 38.7 Å². The van der Waals surface area contributed by atoms with E-state index >= 15 is 0 Å². The molecular weight excluding hydrogens is 270 g/mol. The van der Waals surface area contributed by atoms with Gasteiger partial charge in [-0.05, 0) is 17.7 Å². The average Bonchev–Trinajstić information content (AvgIpc) is 2.49. The van der Waals surface area contributed by atoms with Crippen molar-refractivity contribution in [2.75, 3.05) is 0 Å². The Morgan fingerprint density at radius 3 is 2.40 bits per heavy atom. The van der Waals surface area contributed by atoms with Gasteiger partial charge in [0.05, 0.1) is 5.69 Å². The SMILES string of the molecule is Clc1cc(-c2ccccc2)nc(Cc2ccncc2)n1. The normalized spacial score (nSPS) is 10.4. The molecule has 0 N–H and O–H groups in total. The van der Waals surface area contributed by atoms with Gasteiger partial charge in [0.2, 0.25) is 0 Å². The molecule has 0 saturated heterocycles. The number of hydrogen-bond donors (Lipinski definition) is 0. The van der Waals surface area contributed by atoms with Crippen LogP contribution in [0, 0.1) is 0 Å². The molecule has 2 heterocycles. The molecule has 2 aromatic heterocycles. The fourth-order valence-corrected chi connectivity index (χ4v) is 2.18. The number of pyridine rings is 1. The van der Waals surface area contributed by atoms with Crippen molar-refractivity contribution in [1.29, 1.82) is 0 Å². The monoisotopic (exact) mass is 281 g/mol. The summed E-state index contributed by atoms with van der Waals surface area (Å²) in [6.07, 6.45) is 4.17. The lowest BCUT2D eigenvalue weighted by Gasteiger charge is -2.05. The maximum atomic E-state index is 6.10. The molecule has 0 saturated carbocycles. The van der Waals surface area contributed by atoms with E-state index < -0.39 is 0 Å². The van der Waals surface area contributed by atoms with Crippen molar-refractivity contribution in [3.05, 3.63) is 77.5 Å². The molecule has 0 atom stereocenters. The van der Waals surface area contributed by atoms with Crippen LogP contribution in [0.15, 0.2) is 60.9 Å². The summed E-state index contributed by atoms with van der Waals surface area (Å²) in [5, 5.41) is 0.461. The van der Waals surface area contributed by atoms with Crippen molar-refractivity contribution in [1.82, 2.24) is 15.0 Å². The largest absolute Gasteiger partial charge is 0.265 e. The van der Waals surface area contributed by atoms with Gasteiger partial charge in [0, 0.05) is 30.4 Å². The fraction of sp³-hybridized carbons (Fsp3) is 0.0625. The molecule has 98 valence electrons. The number of aromatic nitrogens is 3. The van der Waals surface area contributed by atoms with Gasteiger partial charge in [-0.3, -0.25) is 4.98 Å². The first-order chi connectivity index (χ1) is 9.81. The standard InChI is InChI=1S/C16H12ClN3/c17-15-11-14(13-4-2-1-3-5-13)19-16(20-15)10-12-6-8-18-9-7-12/h1-9,11H,10H2. The number of hydrogen-bond acceptors (Lipinski definition) is 3. The maximum absolute atomic E-state index is 6.10. The highest BCUT2D eigenvalue weighted by Crippen LogP contribution is 2.20. The zero-order chi connectivity index (χ0) is 13.8. The summed E-state index contributed by atoms with van der Waals surface area (Å²) in [7, 11) is 0. The molecule has 0 fully saturated rings. The van der Waals surface area contributed by atoms with E-state index in [-0.39, 0.29) is 0 Å². The van der Waals surface area contributed by atoms with Crippen LogP contribution in [0.1, 0.15) is 11.4 Å². The highest BCUT2D eigenvalue weighted by atomic mass is 35.5. The van der Waals surface area contributed by atoms with Gasteiger partial charge in [0.1, 0.15) is 11.0 Å². The number of benzene rings is 1. The van der Waals surface area contributed by atoms with E-state index in [4.69, 9.17) is 11.6 Å². The smallest absolute Gasteiger partial charge is 0.135 e. The van der Waals surface area contributed by atoms with E-state index in [2.05, 4.69) is 15.0 Å². The van der Waals surface area contributed by atoms with Gasteiger partial charge < -0.3 is 0 Å². The predicted molar refractivity (Wildman–Crippen MR) is 79.5 cm³/mol. The number of halogens is 1. The van der Waals surface area contributed by atoms with Gasteiger partial charge in [0.15, 0.2) is 0 Å². The first kappa shape index (κ1) is 12.8. The van der Waals surface area contributed by atoms with Crippen LogP contribution in [0.5, 0.6) is 0 Å². The second-order valence-electron chi connectivity index (χ2n) is 4.39. The second kappa shape index (κ2) is 5.80. The molecule has 0 aliphatic rings. The Labute approximate surface area is 122 Å². The molecule has 20 heavy (non-hydrogen) atoms. The molecule has 0 aliphatic heterocycles. The Morgan fingerprint density at radius 1 is 0.900 bits per heavy atom. The van der Waals surface area contributed by atoms with Crippen LogP contribution in [0.25, 0.3) is 11.3 Å². The molecule has 0 bridgehead atoms. The Kier molecular flexibility index (Phi) is 3.70. The summed E-state index contributed by atoms with van der Waals surface area (Å²) in [5.41, 5.74) is 2.99. The first-order valence-corrected chi connectivity index (χ1v) is 6.67. The lowest BCUT2D eigenvalue weighted by atomic mass is 10.1. The second-order valence-corrected chi connectivity index (χ2v) is 4.78.